The molecule has 17 heavy (non-hydrogen) atoms. The minimum Gasteiger partial charge on any atom is -0.439 e. The van der Waals surface area contributed by atoms with E-state index in [9.17, 15) is 5.11 Å². The highest BCUT2D eigenvalue weighted by Gasteiger charge is 2.07. The van der Waals surface area contributed by atoms with Gasteiger partial charge in [0.25, 0.3) is 0 Å². The normalized spacial score (nSPS) is 12.2. The van der Waals surface area contributed by atoms with Crippen molar-refractivity contribution < 1.29 is 9.84 Å². The Morgan fingerprint density at radius 2 is 1.82 bits per heavy atom. The average Bonchev–Trinajstić information content (AvgIpc) is 2.30. The second-order valence-corrected chi connectivity index (χ2v) is 3.92. The lowest BCUT2D eigenvalue weighted by molar-refractivity contribution is 0.198. The molecular weight excluding hydrogens is 214 g/mol. The van der Waals surface area contributed by atoms with Crippen LogP contribution in [0.5, 0.6) is 11.6 Å². The summed E-state index contributed by atoms with van der Waals surface area (Å²) in [5.41, 5.74) is 1.61. The molecule has 3 nitrogen and oxygen atoms in total. The van der Waals surface area contributed by atoms with Crippen LogP contribution >= 0.6 is 0 Å². The zero-order valence-electron chi connectivity index (χ0n) is 9.92. The van der Waals surface area contributed by atoms with Crippen LogP contribution in [0.15, 0.2) is 42.5 Å². The molecule has 88 valence electrons. The Balaban J connectivity index is 2.21. The molecule has 0 bridgehead atoms. The number of rotatable bonds is 3. The largest absolute Gasteiger partial charge is 0.439 e. The number of para-hydroxylation sites is 1. The molecule has 1 atom stereocenters. The number of ether oxygens (including phenoxy) is 1. The van der Waals surface area contributed by atoms with Crippen molar-refractivity contribution >= 4 is 0 Å². The summed E-state index contributed by atoms with van der Waals surface area (Å²) in [5, 5.41) is 9.50. The van der Waals surface area contributed by atoms with Gasteiger partial charge in [0, 0.05) is 17.3 Å². The number of hydrogen-bond acceptors (Lipinski definition) is 3. The highest BCUT2D eigenvalue weighted by Crippen LogP contribution is 2.22. The molecule has 1 N–H and O–H groups in total. The maximum absolute atomic E-state index is 9.50. The minimum atomic E-state index is -0.506. The van der Waals surface area contributed by atoms with Gasteiger partial charge in [-0.15, -0.1) is 0 Å². The molecule has 1 heterocycles. The average molecular weight is 229 g/mol. The number of hydrogen-bond donors (Lipinski definition) is 1. The van der Waals surface area contributed by atoms with Gasteiger partial charge in [0.1, 0.15) is 5.75 Å². The minimum absolute atomic E-state index is 0.506. The van der Waals surface area contributed by atoms with Crippen LogP contribution < -0.4 is 4.74 Å². The highest BCUT2D eigenvalue weighted by molar-refractivity contribution is 5.30. The second kappa shape index (κ2) is 4.97. The molecule has 0 saturated carbocycles. The van der Waals surface area contributed by atoms with E-state index in [2.05, 4.69) is 4.98 Å². The van der Waals surface area contributed by atoms with E-state index in [1.807, 2.05) is 43.3 Å². The predicted octanol–water partition coefficient (Wildman–Crippen LogP) is 3.24. The molecule has 0 amide bonds. The first-order chi connectivity index (χ1) is 8.16. The molecule has 0 fully saturated rings. The fraction of sp³-hybridized carbons (Fsp3) is 0.214. The molecule has 2 aromatic rings. The molecule has 1 aromatic heterocycles. The molecule has 0 saturated heterocycles. The van der Waals surface area contributed by atoms with E-state index in [1.165, 1.54) is 0 Å². The van der Waals surface area contributed by atoms with Crippen LogP contribution in [0.3, 0.4) is 0 Å². The third kappa shape index (κ3) is 2.82. The number of aliphatic hydroxyl groups excluding tert-OH is 1. The summed E-state index contributed by atoms with van der Waals surface area (Å²) in [6, 6.07) is 13.1. The third-order valence-corrected chi connectivity index (χ3v) is 2.52. The van der Waals surface area contributed by atoms with Gasteiger partial charge in [-0.05, 0) is 32.0 Å². The molecule has 2 rings (SSSR count). The van der Waals surface area contributed by atoms with Gasteiger partial charge in [-0.25, -0.2) is 4.98 Å². The lowest BCUT2D eigenvalue weighted by Gasteiger charge is -2.10. The molecule has 0 unspecified atom stereocenters. The van der Waals surface area contributed by atoms with Gasteiger partial charge < -0.3 is 9.84 Å². The van der Waals surface area contributed by atoms with Crippen LogP contribution in [0, 0.1) is 6.92 Å². The molecule has 0 aliphatic carbocycles. The Hall–Kier alpha value is -1.87. The number of nitrogens with zero attached hydrogens (tertiary/aromatic N) is 1. The molecule has 1 aromatic carbocycles. The Labute approximate surface area is 101 Å². The summed E-state index contributed by atoms with van der Waals surface area (Å²) in [4.78, 5) is 4.31. The van der Waals surface area contributed by atoms with Crippen molar-refractivity contribution in [2.24, 2.45) is 0 Å². The summed E-state index contributed by atoms with van der Waals surface area (Å²) in [6.45, 7) is 3.58. The highest BCUT2D eigenvalue weighted by atomic mass is 16.5. The predicted molar refractivity (Wildman–Crippen MR) is 66.1 cm³/mol. The summed E-state index contributed by atoms with van der Waals surface area (Å²) >= 11 is 0. The maximum Gasteiger partial charge on any atom is 0.219 e. The molecule has 0 spiro atoms. The van der Waals surface area contributed by atoms with Crippen molar-refractivity contribution in [2.45, 2.75) is 20.0 Å². The first-order valence-corrected chi connectivity index (χ1v) is 5.55. The van der Waals surface area contributed by atoms with E-state index in [0.29, 0.717) is 5.88 Å². The van der Waals surface area contributed by atoms with Crippen LogP contribution in [0.4, 0.5) is 0 Å². The van der Waals surface area contributed by atoms with Crippen molar-refractivity contribution in [3.8, 4) is 11.6 Å². The Morgan fingerprint density at radius 1 is 1.12 bits per heavy atom. The van der Waals surface area contributed by atoms with Crippen molar-refractivity contribution in [2.75, 3.05) is 0 Å². The van der Waals surface area contributed by atoms with Crippen LogP contribution in [0.25, 0.3) is 0 Å². The Kier molecular flexibility index (Phi) is 3.40. The van der Waals surface area contributed by atoms with E-state index >= 15 is 0 Å². The summed E-state index contributed by atoms with van der Waals surface area (Å²) < 4.78 is 5.60. The monoisotopic (exact) mass is 229 g/mol. The van der Waals surface area contributed by atoms with Crippen molar-refractivity contribution in [1.82, 2.24) is 4.98 Å². The summed E-state index contributed by atoms with van der Waals surface area (Å²) in [5.74, 6) is 1.29. The zero-order valence-corrected chi connectivity index (χ0v) is 9.92. The van der Waals surface area contributed by atoms with Crippen LogP contribution in [-0.4, -0.2) is 10.1 Å². The third-order valence-electron chi connectivity index (χ3n) is 2.52. The Bertz CT molecular complexity index is 495. The first kappa shape index (κ1) is 11.6. The van der Waals surface area contributed by atoms with Crippen molar-refractivity contribution in [1.29, 1.82) is 0 Å². The van der Waals surface area contributed by atoms with Gasteiger partial charge in [-0.1, -0.05) is 18.2 Å². The van der Waals surface area contributed by atoms with E-state index in [-0.39, 0.29) is 0 Å². The van der Waals surface area contributed by atoms with Gasteiger partial charge in [0.05, 0.1) is 6.10 Å². The SMILES string of the molecule is Cc1nc(Oc2ccccc2)ccc1[C@@H](C)O. The topological polar surface area (TPSA) is 42.4 Å². The maximum atomic E-state index is 9.50. The van der Waals surface area contributed by atoms with Gasteiger partial charge in [-0.2, -0.15) is 0 Å². The van der Waals surface area contributed by atoms with E-state index in [4.69, 9.17) is 4.74 Å². The zero-order chi connectivity index (χ0) is 12.3. The molecule has 3 heteroatoms. The van der Waals surface area contributed by atoms with Crippen LogP contribution in [-0.2, 0) is 0 Å². The molecule has 0 aliphatic heterocycles. The number of aliphatic hydroxyl groups is 1. The number of aryl methyl sites for hydroxylation is 1. The van der Waals surface area contributed by atoms with E-state index in [1.54, 1.807) is 13.0 Å². The lowest BCUT2D eigenvalue weighted by Crippen LogP contribution is -1.98. The second-order valence-electron chi connectivity index (χ2n) is 3.92. The quantitative estimate of drug-likeness (QED) is 0.878. The van der Waals surface area contributed by atoms with Gasteiger partial charge >= 0.3 is 0 Å². The van der Waals surface area contributed by atoms with E-state index in [0.717, 1.165) is 17.0 Å². The van der Waals surface area contributed by atoms with Gasteiger partial charge in [-0.3, -0.25) is 0 Å². The van der Waals surface area contributed by atoms with Crippen LogP contribution in [0.1, 0.15) is 24.3 Å². The number of pyridine rings is 1. The fourth-order valence-corrected chi connectivity index (χ4v) is 1.66. The number of benzene rings is 1. The van der Waals surface area contributed by atoms with Crippen LogP contribution in [0.2, 0.25) is 0 Å². The van der Waals surface area contributed by atoms with E-state index < -0.39 is 6.10 Å². The van der Waals surface area contributed by atoms with Crippen molar-refractivity contribution in [3.63, 3.8) is 0 Å². The summed E-state index contributed by atoms with van der Waals surface area (Å²) in [6.07, 6.45) is -0.506. The fourth-order valence-electron chi connectivity index (χ4n) is 1.66. The smallest absolute Gasteiger partial charge is 0.219 e. The molecule has 0 aliphatic rings. The van der Waals surface area contributed by atoms with Gasteiger partial charge in [0.15, 0.2) is 0 Å². The first-order valence-electron chi connectivity index (χ1n) is 5.55. The standard InChI is InChI=1S/C14H15NO2/c1-10-13(11(2)16)8-9-14(15-10)17-12-6-4-3-5-7-12/h3-9,11,16H,1-2H3/t11-/m1/s1. The molecule has 0 radical (unpaired) electrons. The summed E-state index contributed by atoms with van der Waals surface area (Å²) in [7, 11) is 0. The molecular formula is C14H15NO2. The van der Waals surface area contributed by atoms with Gasteiger partial charge in [0.2, 0.25) is 5.88 Å². The lowest BCUT2D eigenvalue weighted by atomic mass is 10.1. The van der Waals surface area contributed by atoms with Crippen molar-refractivity contribution in [3.05, 3.63) is 53.7 Å². The Morgan fingerprint density at radius 3 is 2.41 bits per heavy atom. The number of aromatic nitrogens is 1.